The normalized spacial score (nSPS) is 16.0. The molecule has 1 saturated heterocycles. The number of fused-ring (bicyclic) bond motifs is 1. The maximum Gasteiger partial charge on any atom is 0.410 e. The lowest BCUT2D eigenvalue weighted by molar-refractivity contribution is 0.0169. The second-order valence-electron chi connectivity index (χ2n) is 10.2. The van der Waals surface area contributed by atoms with Crippen LogP contribution in [0.25, 0.3) is 22.3 Å². The van der Waals surface area contributed by atoms with Crippen molar-refractivity contribution >= 4 is 22.9 Å². The van der Waals surface area contributed by atoms with E-state index in [1.54, 1.807) is 33.8 Å². The van der Waals surface area contributed by atoms with Gasteiger partial charge >= 0.3 is 6.09 Å². The minimum absolute atomic E-state index is 0.139. The van der Waals surface area contributed by atoms with Crippen LogP contribution in [0.5, 0.6) is 11.5 Å². The Bertz CT molecular complexity index is 1480. The second kappa shape index (κ2) is 9.88. The highest BCUT2D eigenvalue weighted by Crippen LogP contribution is 2.35. The molecule has 0 radical (unpaired) electrons. The van der Waals surface area contributed by atoms with E-state index >= 15 is 0 Å². The molecule has 11 heteroatoms. The van der Waals surface area contributed by atoms with Crippen molar-refractivity contribution in [3.05, 3.63) is 60.4 Å². The standard InChI is InChI=1S/C27H28F2N6O3/c1-27(2,3)38-26(36)34-13-5-6-17(14-34)35-25-21(24(30)31-15-32-25)23(33-35)16-9-11-18(12-10-16)37-20-8-4-7-19(28)22(20)29/h4,7-12,15,17H,5-6,13-14H2,1-3H3,(H2,30,31,32)/t17-/m1/s1. The third kappa shape index (κ3) is 5.09. The summed E-state index contributed by atoms with van der Waals surface area (Å²) in [6, 6.07) is 10.4. The Hall–Kier alpha value is -4.28. The molecular weight excluding hydrogens is 494 g/mol. The first-order valence-electron chi connectivity index (χ1n) is 12.3. The van der Waals surface area contributed by atoms with E-state index in [-0.39, 0.29) is 23.7 Å². The first-order valence-corrected chi connectivity index (χ1v) is 12.3. The number of piperidine rings is 1. The molecule has 0 aliphatic carbocycles. The first-order chi connectivity index (χ1) is 18.1. The van der Waals surface area contributed by atoms with Gasteiger partial charge in [-0.3, -0.25) is 0 Å². The monoisotopic (exact) mass is 522 g/mol. The lowest BCUT2D eigenvalue weighted by Crippen LogP contribution is -2.43. The summed E-state index contributed by atoms with van der Waals surface area (Å²) in [7, 11) is 0. The van der Waals surface area contributed by atoms with Gasteiger partial charge in [0.1, 0.15) is 29.2 Å². The van der Waals surface area contributed by atoms with E-state index in [1.807, 2.05) is 20.8 Å². The molecule has 38 heavy (non-hydrogen) atoms. The van der Waals surface area contributed by atoms with Gasteiger partial charge in [-0.05, 0) is 70.0 Å². The van der Waals surface area contributed by atoms with Crippen molar-refractivity contribution in [3.8, 4) is 22.8 Å². The number of rotatable bonds is 4. The molecule has 0 saturated carbocycles. The molecule has 198 valence electrons. The number of hydrogen-bond acceptors (Lipinski definition) is 7. The van der Waals surface area contributed by atoms with Crippen LogP contribution in [-0.2, 0) is 4.74 Å². The van der Waals surface area contributed by atoms with Crippen molar-refractivity contribution in [1.29, 1.82) is 0 Å². The summed E-state index contributed by atoms with van der Waals surface area (Å²) in [4.78, 5) is 23.0. The predicted octanol–water partition coefficient (Wildman–Crippen LogP) is 5.72. The van der Waals surface area contributed by atoms with Crippen molar-refractivity contribution in [3.63, 3.8) is 0 Å². The molecule has 1 aliphatic heterocycles. The quantitative estimate of drug-likeness (QED) is 0.365. The number of halogens is 2. The van der Waals surface area contributed by atoms with Crippen LogP contribution in [0.15, 0.2) is 48.8 Å². The number of anilines is 1. The number of hydrogen-bond donors (Lipinski definition) is 1. The first kappa shape index (κ1) is 25.4. The summed E-state index contributed by atoms with van der Waals surface area (Å²) >= 11 is 0. The summed E-state index contributed by atoms with van der Waals surface area (Å²) in [6.07, 6.45) is 2.60. The molecule has 1 atom stereocenters. The highest BCUT2D eigenvalue weighted by Gasteiger charge is 2.31. The summed E-state index contributed by atoms with van der Waals surface area (Å²) in [5.74, 6) is -1.65. The lowest BCUT2D eigenvalue weighted by atomic mass is 10.1. The number of nitrogens with two attached hydrogens (primary N) is 1. The zero-order valence-electron chi connectivity index (χ0n) is 21.3. The number of ether oxygens (including phenoxy) is 2. The van der Waals surface area contributed by atoms with E-state index < -0.39 is 17.2 Å². The van der Waals surface area contributed by atoms with Gasteiger partial charge in [-0.2, -0.15) is 9.49 Å². The zero-order chi connectivity index (χ0) is 27.0. The minimum atomic E-state index is -1.06. The number of benzene rings is 2. The van der Waals surface area contributed by atoms with Crippen LogP contribution in [0.3, 0.4) is 0 Å². The highest BCUT2D eigenvalue weighted by molar-refractivity contribution is 5.98. The number of amides is 1. The van der Waals surface area contributed by atoms with Gasteiger partial charge in [-0.1, -0.05) is 6.07 Å². The molecule has 1 amide bonds. The topological polar surface area (TPSA) is 108 Å². The van der Waals surface area contributed by atoms with Gasteiger partial charge in [0.25, 0.3) is 0 Å². The molecular formula is C27H28F2N6O3. The van der Waals surface area contributed by atoms with Gasteiger partial charge in [0.15, 0.2) is 17.2 Å². The van der Waals surface area contributed by atoms with Gasteiger partial charge < -0.3 is 20.1 Å². The fraction of sp³-hybridized carbons (Fsp3) is 0.333. The van der Waals surface area contributed by atoms with Crippen molar-refractivity contribution < 1.29 is 23.0 Å². The third-order valence-corrected chi connectivity index (χ3v) is 6.18. The SMILES string of the molecule is CC(C)(C)OC(=O)N1CCC[C@@H](n2nc(-c3ccc(Oc4cccc(F)c4F)cc3)c3c(N)ncnc32)C1. The number of aromatic nitrogens is 4. The Morgan fingerprint density at radius 2 is 1.87 bits per heavy atom. The number of likely N-dealkylation sites (tertiary alicyclic amines) is 1. The number of nitrogens with zero attached hydrogens (tertiary/aromatic N) is 5. The van der Waals surface area contributed by atoms with Crippen molar-refractivity contribution in [1.82, 2.24) is 24.6 Å². The van der Waals surface area contributed by atoms with Crippen molar-refractivity contribution in [2.45, 2.75) is 45.3 Å². The van der Waals surface area contributed by atoms with Gasteiger partial charge in [-0.25, -0.2) is 23.8 Å². The van der Waals surface area contributed by atoms with Crippen LogP contribution < -0.4 is 10.5 Å². The highest BCUT2D eigenvalue weighted by atomic mass is 19.2. The molecule has 0 spiro atoms. The molecule has 4 aromatic rings. The molecule has 3 heterocycles. The Morgan fingerprint density at radius 1 is 1.11 bits per heavy atom. The molecule has 0 bridgehead atoms. The molecule has 2 N–H and O–H groups in total. The maximum atomic E-state index is 14.0. The molecule has 0 unspecified atom stereocenters. The molecule has 2 aromatic heterocycles. The van der Waals surface area contributed by atoms with Gasteiger partial charge in [0.05, 0.1) is 11.4 Å². The maximum absolute atomic E-state index is 14.0. The van der Waals surface area contributed by atoms with Crippen LogP contribution in [0, 0.1) is 11.6 Å². The number of nitrogen functional groups attached to an aromatic ring is 1. The van der Waals surface area contributed by atoms with Gasteiger partial charge in [0.2, 0.25) is 5.82 Å². The fourth-order valence-corrected chi connectivity index (χ4v) is 4.47. The van der Waals surface area contributed by atoms with E-state index in [0.717, 1.165) is 18.9 Å². The fourth-order valence-electron chi connectivity index (χ4n) is 4.47. The number of carbonyl (C=O) groups is 1. The van der Waals surface area contributed by atoms with Crippen LogP contribution in [0.4, 0.5) is 19.4 Å². The van der Waals surface area contributed by atoms with Crippen LogP contribution in [-0.4, -0.2) is 49.4 Å². The van der Waals surface area contributed by atoms with E-state index in [4.69, 9.17) is 20.3 Å². The smallest absolute Gasteiger partial charge is 0.410 e. The molecule has 1 aliphatic rings. The van der Waals surface area contributed by atoms with E-state index in [2.05, 4.69) is 9.97 Å². The average Bonchev–Trinajstić information content (AvgIpc) is 3.27. The second-order valence-corrected chi connectivity index (χ2v) is 10.2. The summed E-state index contributed by atoms with van der Waals surface area (Å²) < 4.78 is 40.4. The Kier molecular flexibility index (Phi) is 6.60. The Balaban J connectivity index is 1.45. The van der Waals surface area contributed by atoms with E-state index in [9.17, 15) is 13.6 Å². The Labute approximate surface area is 218 Å². The molecule has 1 fully saturated rings. The molecule has 9 nitrogen and oxygen atoms in total. The van der Waals surface area contributed by atoms with Gasteiger partial charge in [0, 0.05) is 18.7 Å². The summed E-state index contributed by atoms with van der Waals surface area (Å²) in [6.45, 7) is 6.53. The van der Waals surface area contributed by atoms with Crippen LogP contribution >= 0.6 is 0 Å². The van der Waals surface area contributed by atoms with Gasteiger partial charge in [-0.15, -0.1) is 0 Å². The largest absolute Gasteiger partial charge is 0.454 e. The summed E-state index contributed by atoms with van der Waals surface area (Å²) in [5.41, 5.74) is 7.50. The zero-order valence-corrected chi connectivity index (χ0v) is 21.3. The predicted molar refractivity (Wildman–Crippen MR) is 138 cm³/mol. The van der Waals surface area contributed by atoms with E-state index in [0.29, 0.717) is 41.1 Å². The average molecular weight is 523 g/mol. The number of carbonyl (C=O) groups excluding carboxylic acids is 1. The van der Waals surface area contributed by atoms with Crippen molar-refractivity contribution in [2.75, 3.05) is 18.8 Å². The lowest BCUT2D eigenvalue weighted by Gasteiger charge is -2.34. The molecule has 5 rings (SSSR count). The minimum Gasteiger partial charge on any atom is -0.454 e. The summed E-state index contributed by atoms with van der Waals surface area (Å²) in [5, 5.41) is 5.45. The van der Waals surface area contributed by atoms with E-state index in [1.165, 1.54) is 18.5 Å². The Morgan fingerprint density at radius 3 is 2.61 bits per heavy atom. The van der Waals surface area contributed by atoms with Crippen LogP contribution in [0.1, 0.15) is 39.7 Å². The van der Waals surface area contributed by atoms with Crippen LogP contribution in [0.2, 0.25) is 0 Å². The molecule has 2 aromatic carbocycles. The third-order valence-electron chi connectivity index (χ3n) is 6.18. The van der Waals surface area contributed by atoms with Crippen molar-refractivity contribution in [2.24, 2.45) is 0 Å².